The number of carbonyl (C=O) groups is 1. The summed E-state index contributed by atoms with van der Waals surface area (Å²) >= 11 is 0. The van der Waals surface area contributed by atoms with Gasteiger partial charge in [0, 0.05) is 30.8 Å². The summed E-state index contributed by atoms with van der Waals surface area (Å²) < 4.78 is 28.9. The highest BCUT2D eigenvalue weighted by Gasteiger charge is 2.29. The molecule has 154 valence electrons. The number of amides is 1. The van der Waals surface area contributed by atoms with Crippen LogP contribution in [0.15, 0.2) is 53.6 Å². The Labute approximate surface area is 175 Å². The predicted molar refractivity (Wildman–Crippen MR) is 111 cm³/mol. The summed E-state index contributed by atoms with van der Waals surface area (Å²) in [7, 11) is -3.76. The molecule has 1 N–H and O–H groups in total. The maximum absolute atomic E-state index is 13.1. The molecular weight excluding hydrogens is 402 g/mol. The van der Waals surface area contributed by atoms with Crippen molar-refractivity contribution >= 4 is 21.6 Å². The van der Waals surface area contributed by atoms with E-state index in [-0.39, 0.29) is 23.3 Å². The summed E-state index contributed by atoms with van der Waals surface area (Å²) in [5.74, 6) is 2.92. The summed E-state index contributed by atoms with van der Waals surface area (Å²) in [5, 5.41) is 8.54. The largest absolute Gasteiger partial charge is 0.338 e. The number of piperidine rings is 1. The molecule has 2 aromatic heterocycles. The summed E-state index contributed by atoms with van der Waals surface area (Å²) in [6.45, 7) is 1.000. The number of likely N-dealkylation sites (tertiary alicyclic amines) is 1. The number of carbonyl (C=O) groups excluding carboxylic acids is 1. The molecule has 1 aliphatic rings. The van der Waals surface area contributed by atoms with E-state index in [1.54, 1.807) is 17.0 Å². The van der Waals surface area contributed by atoms with E-state index in [1.807, 2.05) is 28.8 Å². The molecule has 0 aliphatic carbocycles. The molecule has 1 fully saturated rings. The molecule has 0 saturated carbocycles. The quantitative estimate of drug-likeness (QED) is 0.630. The summed E-state index contributed by atoms with van der Waals surface area (Å²) in [5.41, 5.74) is 1.10. The van der Waals surface area contributed by atoms with Gasteiger partial charge in [-0.1, -0.05) is 18.1 Å². The minimum atomic E-state index is -3.76. The number of rotatable bonds is 5. The van der Waals surface area contributed by atoms with E-state index in [9.17, 15) is 13.2 Å². The molecule has 1 saturated heterocycles. The molecule has 1 amide bonds. The van der Waals surface area contributed by atoms with Crippen molar-refractivity contribution in [2.45, 2.75) is 23.7 Å². The molecule has 3 aromatic rings. The average Bonchev–Trinajstić information content (AvgIpc) is 3.22. The summed E-state index contributed by atoms with van der Waals surface area (Å²) in [4.78, 5) is 14.9. The van der Waals surface area contributed by atoms with Crippen molar-refractivity contribution in [1.29, 1.82) is 0 Å². The van der Waals surface area contributed by atoms with Crippen LogP contribution >= 0.6 is 0 Å². The van der Waals surface area contributed by atoms with Crippen molar-refractivity contribution in [3.05, 3.63) is 60.0 Å². The van der Waals surface area contributed by atoms with Gasteiger partial charge in [-0.15, -0.1) is 16.6 Å². The first-order chi connectivity index (χ1) is 14.5. The van der Waals surface area contributed by atoms with Crippen LogP contribution in [-0.2, 0) is 10.0 Å². The Hall–Kier alpha value is -3.22. The maximum Gasteiger partial charge on any atom is 0.253 e. The Morgan fingerprint density at radius 3 is 2.93 bits per heavy atom. The molecule has 1 aliphatic heterocycles. The van der Waals surface area contributed by atoms with Gasteiger partial charge in [-0.05, 0) is 43.2 Å². The monoisotopic (exact) mass is 423 g/mol. The van der Waals surface area contributed by atoms with Crippen molar-refractivity contribution in [3.8, 4) is 12.3 Å². The van der Waals surface area contributed by atoms with Crippen LogP contribution in [0.3, 0.4) is 0 Å². The van der Waals surface area contributed by atoms with Crippen LogP contribution in [0.4, 0.5) is 0 Å². The normalized spacial score (nSPS) is 17.0. The second-order valence-corrected chi connectivity index (χ2v) is 8.90. The Balaban J connectivity index is 1.55. The third kappa shape index (κ3) is 3.92. The average molecular weight is 423 g/mol. The van der Waals surface area contributed by atoms with Crippen LogP contribution in [0.25, 0.3) is 5.65 Å². The third-order valence-electron chi connectivity index (χ3n) is 5.17. The van der Waals surface area contributed by atoms with E-state index >= 15 is 0 Å². The maximum atomic E-state index is 13.1. The SMILES string of the molecule is C#CCNS(=O)(=O)c1cccc(C(=O)N2CCCC(c3nnc4ccccn34)C2)c1. The van der Waals surface area contributed by atoms with Gasteiger partial charge in [-0.2, -0.15) is 4.72 Å². The Bertz CT molecular complexity index is 1230. The number of hydrogen-bond donors (Lipinski definition) is 1. The first-order valence-electron chi connectivity index (χ1n) is 9.62. The molecule has 1 atom stereocenters. The highest BCUT2D eigenvalue weighted by atomic mass is 32.2. The zero-order valence-electron chi connectivity index (χ0n) is 16.2. The lowest BCUT2D eigenvalue weighted by molar-refractivity contribution is 0.0704. The van der Waals surface area contributed by atoms with Crippen LogP contribution in [0.1, 0.15) is 34.9 Å². The fourth-order valence-corrected chi connectivity index (χ4v) is 4.69. The molecule has 1 aromatic carbocycles. The highest BCUT2D eigenvalue weighted by Crippen LogP contribution is 2.27. The predicted octanol–water partition coefficient (Wildman–Crippen LogP) is 1.66. The first-order valence-corrected chi connectivity index (χ1v) is 11.1. The minimum absolute atomic E-state index is 0.0145. The molecule has 9 heteroatoms. The van der Waals surface area contributed by atoms with Gasteiger partial charge in [-0.25, -0.2) is 8.42 Å². The second kappa shape index (κ2) is 8.26. The smallest absolute Gasteiger partial charge is 0.253 e. The van der Waals surface area contributed by atoms with Crippen LogP contribution in [0.5, 0.6) is 0 Å². The minimum Gasteiger partial charge on any atom is -0.338 e. The van der Waals surface area contributed by atoms with Crippen molar-refractivity contribution < 1.29 is 13.2 Å². The Morgan fingerprint density at radius 2 is 2.10 bits per heavy atom. The fourth-order valence-electron chi connectivity index (χ4n) is 3.71. The van der Waals surface area contributed by atoms with Crippen molar-refractivity contribution in [2.75, 3.05) is 19.6 Å². The molecule has 4 rings (SSSR count). The zero-order chi connectivity index (χ0) is 21.1. The van der Waals surface area contributed by atoms with Gasteiger partial charge >= 0.3 is 0 Å². The lowest BCUT2D eigenvalue weighted by atomic mass is 9.96. The van der Waals surface area contributed by atoms with Gasteiger partial charge in [0.2, 0.25) is 10.0 Å². The van der Waals surface area contributed by atoms with E-state index in [4.69, 9.17) is 6.42 Å². The standard InChI is InChI=1S/C21H21N5O3S/c1-2-11-22-30(28,29)18-9-5-7-16(14-18)21(27)25-12-6-8-17(15-25)20-24-23-19-10-3-4-13-26(19)20/h1,3-5,7,9-10,13-14,17,22H,6,8,11-12,15H2. The van der Waals surface area contributed by atoms with E-state index in [0.29, 0.717) is 18.7 Å². The molecule has 0 spiro atoms. The van der Waals surface area contributed by atoms with E-state index < -0.39 is 10.0 Å². The van der Waals surface area contributed by atoms with Crippen LogP contribution in [-0.4, -0.2) is 53.5 Å². The first kappa shape index (κ1) is 20.1. The zero-order valence-corrected chi connectivity index (χ0v) is 17.0. The number of nitrogens with zero attached hydrogens (tertiary/aromatic N) is 4. The van der Waals surface area contributed by atoms with E-state index in [0.717, 1.165) is 24.3 Å². The van der Waals surface area contributed by atoms with Crippen LogP contribution in [0, 0.1) is 12.3 Å². The van der Waals surface area contributed by atoms with Gasteiger partial charge in [-0.3, -0.25) is 9.20 Å². The summed E-state index contributed by atoms with van der Waals surface area (Å²) in [6.07, 6.45) is 8.79. The number of fused-ring (bicyclic) bond motifs is 1. The second-order valence-electron chi connectivity index (χ2n) is 7.13. The number of benzene rings is 1. The Kier molecular flexibility index (Phi) is 5.53. The lowest BCUT2D eigenvalue weighted by Gasteiger charge is -2.32. The molecule has 0 bridgehead atoms. The van der Waals surface area contributed by atoms with Gasteiger partial charge in [0.15, 0.2) is 5.65 Å². The van der Waals surface area contributed by atoms with Gasteiger partial charge < -0.3 is 4.90 Å². The van der Waals surface area contributed by atoms with Crippen LogP contribution in [0.2, 0.25) is 0 Å². The number of terminal acetylenes is 1. The number of aromatic nitrogens is 3. The Morgan fingerprint density at radius 1 is 1.23 bits per heavy atom. The van der Waals surface area contributed by atoms with Crippen molar-refractivity contribution in [1.82, 2.24) is 24.2 Å². The van der Waals surface area contributed by atoms with E-state index in [1.165, 1.54) is 12.1 Å². The molecule has 30 heavy (non-hydrogen) atoms. The van der Waals surface area contributed by atoms with Crippen molar-refractivity contribution in [2.24, 2.45) is 0 Å². The topological polar surface area (TPSA) is 96.7 Å². The van der Waals surface area contributed by atoms with Gasteiger partial charge in [0.05, 0.1) is 11.4 Å². The lowest BCUT2D eigenvalue weighted by Crippen LogP contribution is -2.39. The number of pyridine rings is 1. The molecule has 1 unspecified atom stereocenters. The number of nitrogens with one attached hydrogen (secondary N) is 1. The van der Waals surface area contributed by atoms with Gasteiger partial charge in [0.1, 0.15) is 5.82 Å². The van der Waals surface area contributed by atoms with Crippen molar-refractivity contribution in [3.63, 3.8) is 0 Å². The third-order valence-corrected chi connectivity index (χ3v) is 6.57. The molecular formula is C21H21N5O3S. The number of sulfonamides is 1. The number of hydrogen-bond acceptors (Lipinski definition) is 5. The molecule has 8 nitrogen and oxygen atoms in total. The molecule has 0 radical (unpaired) electrons. The van der Waals surface area contributed by atoms with Gasteiger partial charge in [0.25, 0.3) is 5.91 Å². The summed E-state index contributed by atoms with van der Waals surface area (Å²) in [6, 6.07) is 11.7. The molecule has 3 heterocycles. The highest BCUT2D eigenvalue weighted by molar-refractivity contribution is 7.89. The van der Waals surface area contributed by atoms with E-state index in [2.05, 4.69) is 20.8 Å². The fraction of sp³-hybridized carbons (Fsp3) is 0.286. The van der Waals surface area contributed by atoms with Crippen LogP contribution < -0.4 is 4.72 Å².